The van der Waals surface area contributed by atoms with Gasteiger partial charge in [0.15, 0.2) is 0 Å². The molecule has 0 aromatic heterocycles. The van der Waals surface area contributed by atoms with Crippen LogP contribution in [0.2, 0.25) is 0 Å². The molecular weight excluding hydrogens is 262 g/mol. The quantitative estimate of drug-likeness (QED) is 0.903. The Kier molecular flexibility index (Phi) is 4.82. The van der Waals surface area contributed by atoms with E-state index < -0.39 is 0 Å². The molecule has 4 heteroatoms. The third-order valence-corrected chi connectivity index (χ3v) is 3.19. The molecule has 21 heavy (non-hydrogen) atoms. The van der Waals surface area contributed by atoms with Crippen LogP contribution in [0.5, 0.6) is 0 Å². The van der Waals surface area contributed by atoms with Crippen molar-refractivity contribution in [3.05, 3.63) is 59.7 Å². The van der Waals surface area contributed by atoms with Crippen LogP contribution < -0.4 is 15.5 Å². The number of benzene rings is 2. The second-order valence-corrected chi connectivity index (χ2v) is 5.24. The molecular formula is C17H21N3O. The number of nitrogens with zero attached hydrogens (tertiary/aromatic N) is 1. The summed E-state index contributed by atoms with van der Waals surface area (Å²) < 4.78 is 0. The van der Waals surface area contributed by atoms with E-state index in [1.54, 1.807) is 0 Å². The fraction of sp³-hybridized carbons (Fsp3) is 0.235. The zero-order valence-corrected chi connectivity index (χ0v) is 12.7. The first kappa shape index (κ1) is 14.9. The first-order valence-electron chi connectivity index (χ1n) is 6.92. The summed E-state index contributed by atoms with van der Waals surface area (Å²) in [5, 5.41) is 5.68. The van der Waals surface area contributed by atoms with E-state index in [4.69, 9.17) is 0 Å². The van der Waals surface area contributed by atoms with E-state index in [2.05, 4.69) is 16.7 Å². The Bertz CT molecular complexity index is 606. The van der Waals surface area contributed by atoms with E-state index in [1.807, 2.05) is 68.4 Å². The van der Waals surface area contributed by atoms with E-state index in [9.17, 15) is 4.79 Å². The van der Waals surface area contributed by atoms with Gasteiger partial charge in [0.05, 0.1) is 0 Å². The molecule has 110 valence electrons. The van der Waals surface area contributed by atoms with Crippen LogP contribution in [0.15, 0.2) is 48.5 Å². The number of urea groups is 1. The van der Waals surface area contributed by atoms with Gasteiger partial charge in [-0.2, -0.15) is 0 Å². The Hall–Kier alpha value is -2.49. The Morgan fingerprint density at radius 3 is 2.48 bits per heavy atom. The van der Waals surface area contributed by atoms with Gasteiger partial charge in [0.2, 0.25) is 0 Å². The molecule has 0 fully saturated rings. The first-order chi connectivity index (χ1) is 10.0. The van der Waals surface area contributed by atoms with Gasteiger partial charge in [-0.15, -0.1) is 0 Å². The summed E-state index contributed by atoms with van der Waals surface area (Å²) in [6, 6.07) is 15.6. The van der Waals surface area contributed by atoms with Crippen molar-refractivity contribution in [3.8, 4) is 0 Å². The standard InChI is InChI=1S/C17H21N3O/c1-13-7-9-15(10-8-13)19-17(21)18-12-14-5-4-6-16(11-14)20(2)3/h4-11H,12H2,1-3H3,(H2,18,19,21). The van der Waals surface area contributed by atoms with Crippen molar-refractivity contribution in [1.29, 1.82) is 0 Å². The molecule has 2 rings (SSSR count). The number of anilines is 2. The predicted octanol–water partition coefficient (Wildman–Crippen LogP) is 3.38. The third kappa shape index (κ3) is 4.53. The number of hydrogen-bond donors (Lipinski definition) is 2. The molecule has 0 radical (unpaired) electrons. The lowest BCUT2D eigenvalue weighted by Crippen LogP contribution is -2.28. The highest BCUT2D eigenvalue weighted by Gasteiger charge is 2.02. The van der Waals surface area contributed by atoms with Gasteiger partial charge in [0.1, 0.15) is 0 Å². The zero-order chi connectivity index (χ0) is 15.2. The van der Waals surface area contributed by atoms with Crippen molar-refractivity contribution in [2.75, 3.05) is 24.3 Å². The highest BCUT2D eigenvalue weighted by Crippen LogP contribution is 2.13. The van der Waals surface area contributed by atoms with Crippen LogP contribution in [0.25, 0.3) is 0 Å². The van der Waals surface area contributed by atoms with Crippen molar-refractivity contribution in [2.24, 2.45) is 0 Å². The second-order valence-electron chi connectivity index (χ2n) is 5.24. The molecule has 2 N–H and O–H groups in total. The lowest BCUT2D eigenvalue weighted by Gasteiger charge is -2.14. The summed E-state index contributed by atoms with van der Waals surface area (Å²) in [5.74, 6) is 0. The van der Waals surface area contributed by atoms with Gasteiger partial charge in [0, 0.05) is 32.0 Å². The minimum atomic E-state index is -0.200. The normalized spacial score (nSPS) is 10.0. The van der Waals surface area contributed by atoms with Gasteiger partial charge < -0.3 is 15.5 Å². The maximum Gasteiger partial charge on any atom is 0.319 e. The summed E-state index contributed by atoms with van der Waals surface area (Å²) in [6.07, 6.45) is 0. The lowest BCUT2D eigenvalue weighted by atomic mass is 10.2. The number of carbonyl (C=O) groups is 1. The van der Waals surface area contributed by atoms with Gasteiger partial charge in [-0.05, 0) is 36.8 Å². The maximum absolute atomic E-state index is 11.9. The van der Waals surface area contributed by atoms with Crippen LogP contribution in [-0.4, -0.2) is 20.1 Å². The molecule has 0 heterocycles. The molecule has 0 saturated heterocycles. The van der Waals surface area contributed by atoms with Crippen molar-refractivity contribution in [2.45, 2.75) is 13.5 Å². The predicted molar refractivity (Wildman–Crippen MR) is 87.8 cm³/mol. The van der Waals surface area contributed by atoms with Gasteiger partial charge in [-0.25, -0.2) is 4.79 Å². The van der Waals surface area contributed by atoms with Crippen LogP contribution in [0.3, 0.4) is 0 Å². The number of nitrogens with one attached hydrogen (secondary N) is 2. The van der Waals surface area contributed by atoms with E-state index >= 15 is 0 Å². The number of rotatable bonds is 4. The molecule has 0 atom stereocenters. The Morgan fingerprint density at radius 2 is 1.81 bits per heavy atom. The molecule has 2 amide bonds. The molecule has 0 aliphatic rings. The van der Waals surface area contributed by atoms with E-state index in [0.29, 0.717) is 6.54 Å². The lowest BCUT2D eigenvalue weighted by molar-refractivity contribution is 0.251. The molecule has 2 aromatic rings. The summed E-state index contributed by atoms with van der Waals surface area (Å²) in [7, 11) is 3.99. The van der Waals surface area contributed by atoms with Gasteiger partial charge >= 0.3 is 6.03 Å². The highest BCUT2D eigenvalue weighted by atomic mass is 16.2. The zero-order valence-electron chi connectivity index (χ0n) is 12.7. The van der Waals surface area contributed by atoms with Crippen molar-refractivity contribution < 1.29 is 4.79 Å². The Balaban J connectivity index is 1.89. The van der Waals surface area contributed by atoms with Crippen LogP contribution in [0.4, 0.5) is 16.2 Å². The minimum Gasteiger partial charge on any atom is -0.378 e. The fourth-order valence-electron chi connectivity index (χ4n) is 1.94. The van der Waals surface area contributed by atoms with E-state index in [0.717, 1.165) is 16.9 Å². The summed E-state index contributed by atoms with van der Waals surface area (Å²) in [4.78, 5) is 13.9. The topological polar surface area (TPSA) is 44.4 Å². The van der Waals surface area contributed by atoms with E-state index in [1.165, 1.54) is 5.56 Å². The van der Waals surface area contributed by atoms with Gasteiger partial charge in [0.25, 0.3) is 0 Å². The number of aryl methyl sites for hydroxylation is 1. The SMILES string of the molecule is Cc1ccc(NC(=O)NCc2cccc(N(C)C)c2)cc1. The average molecular weight is 283 g/mol. The fourth-order valence-corrected chi connectivity index (χ4v) is 1.94. The smallest absolute Gasteiger partial charge is 0.319 e. The molecule has 2 aromatic carbocycles. The molecule has 0 spiro atoms. The monoisotopic (exact) mass is 283 g/mol. The van der Waals surface area contributed by atoms with Crippen LogP contribution in [0, 0.1) is 6.92 Å². The van der Waals surface area contributed by atoms with Crippen LogP contribution >= 0.6 is 0 Å². The molecule has 0 aliphatic carbocycles. The van der Waals surface area contributed by atoms with Crippen LogP contribution in [-0.2, 0) is 6.54 Å². The summed E-state index contributed by atoms with van der Waals surface area (Å²) in [6.45, 7) is 2.51. The Morgan fingerprint density at radius 1 is 1.10 bits per heavy atom. The van der Waals surface area contributed by atoms with Gasteiger partial charge in [-0.1, -0.05) is 29.8 Å². The molecule has 4 nitrogen and oxygen atoms in total. The molecule has 0 bridgehead atoms. The van der Waals surface area contributed by atoms with Crippen molar-refractivity contribution in [1.82, 2.24) is 5.32 Å². The average Bonchev–Trinajstić information content (AvgIpc) is 2.48. The maximum atomic E-state index is 11.9. The van der Waals surface area contributed by atoms with Gasteiger partial charge in [-0.3, -0.25) is 0 Å². The Labute approximate surface area is 125 Å². The summed E-state index contributed by atoms with van der Waals surface area (Å²) in [5.41, 5.74) is 4.15. The van der Waals surface area contributed by atoms with Crippen LogP contribution in [0.1, 0.15) is 11.1 Å². The third-order valence-electron chi connectivity index (χ3n) is 3.19. The summed E-state index contributed by atoms with van der Waals surface area (Å²) >= 11 is 0. The minimum absolute atomic E-state index is 0.200. The number of hydrogen-bond acceptors (Lipinski definition) is 2. The second kappa shape index (κ2) is 6.79. The van der Waals surface area contributed by atoms with Crippen molar-refractivity contribution in [3.63, 3.8) is 0 Å². The highest BCUT2D eigenvalue weighted by molar-refractivity contribution is 5.89. The largest absolute Gasteiger partial charge is 0.378 e. The molecule has 0 saturated carbocycles. The van der Waals surface area contributed by atoms with E-state index in [-0.39, 0.29) is 6.03 Å². The number of carbonyl (C=O) groups excluding carboxylic acids is 1. The number of amides is 2. The molecule has 0 aliphatic heterocycles. The van der Waals surface area contributed by atoms with Crippen molar-refractivity contribution >= 4 is 17.4 Å². The first-order valence-corrected chi connectivity index (χ1v) is 6.92. The molecule has 0 unspecified atom stereocenters.